The van der Waals surface area contributed by atoms with Crippen LogP contribution < -0.4 is 10.6 Å². The fourth-order valence-electron chi connectivity index (χ4n) is 5.22. The van der Waals surface area contributed by atoms with Gasteiger partial charge in [0, 0.05) is 38.4 Å². The number of benzene rings is 3. The average Bonchev–Trinajstić information content (AvgIpc) is 3.01. The summed E-state index contributed by atoms with van der Waals surface area (Å²) in [5.41, 5.74) is 1.87. The molecular formula is C29H30N4O3. The van der Waals surface area contributed by atoms with Gasteiger partial charge in [-0.05, 0) is 16.7 Å². The zero-order valence-electron chi connectivity index (χ0n) is 20.1. The fraction of sp³-hybridized carbons (Fsp3) is 0.276. The van der Waals surface area contributed by atoms with Crippen molar-refractivity contribution in [3.63, 3.8) is 0 Å². The Kier molecular flexibility index (Phi) is 6.82. The normalized spacial score (nSPS) is 20.1. The molecule has 7 heteroatoms. The second-order valence-electron chi connectivity index (χ2n) is 9.50. The van der Waals surface area contributed by atoms with Crippen molar-refractivity contribution in [1.82, 2.24) is 20.4 Å². The average molecular weight is 483 g/mol. The van der Waals surface area contributed by atoms with Gasteiger partial charge in [-0.1, -0.05) is 91.0 Å². The number of hydrogen-bond donors (Lipinski definition) is 2. The van der Waals surface area contributed by atoms with Crippen LogP contribution in [0.15, 0.2) is 91.0 Å². The number of carbonyl (C=O) groups excluding carboxylic acids is 3. The molecule has 0 aromatic heterocycles. The first-order valence-corrected chi connectivity index (χ1v) is 12.3. The molecule has 0 aliphatic carbocycles. The highest BCUT2D eigenvalue weighted by Crippen LogP contribution is 2.30. The zero-order chi connectivity index (χ0) is 25.0. The molecule has 0 saturated carbocycles. The van der Waals surface area contributed by atoms with Crippen molar-refractivity contribution in [2.24, 2.45) is 0 Å². The van der Waals surface area contributed by atoms with Gasteiger partial charge in [0.05, 0.1) is 6.67 Å². The largest absolute Gasteiger partial charge is 0.355 e. The molecular weight excluding hydrogens is 452 g/mol. The molecule has 2 aliphatic rings. The summed E-state index contributed by atoms with van der Waals surface area (Å²) in [5.74, 6) is -0.276. The van der Waals surface area contributed by atoms with Crippen LogP contribution in [0.1, 0.15) is 29.2 Å². The van der Waals surface area contributed by atoms with Crippen molar-refractivity contribution < 1.29 is 14.4 Å². The third-order valence-electron chi connectivity index (χ3n) is 6.99. The zero-order valence-corrected chi connectivity index (χ0v) is 20.1. The van der Waals surface area contributed by atoms with Crippen molar-refractivity contribution in [3.05, 3.63) is 108 Å². The second-order valence-corrected chi connectivity index (χ2v) is 9.50. The Labute approximate surface area is 211 Å². The van der Waals surface area contributed by atoms with Gasteiger partial charge in [-0.25, -0.2) is 9.69 Å². The number of carbonyl (C=O) groups is 3. The lowest BCUT2D eigenvalue weighted by atomic mass is 9.84. The number of urea groups is 1. The Bertz CT molecular complexity index is 1180. The number of hydrogen-bond acceptors (Lipinski definition) is 4. The molecule has 2 heterocycles. The van der Waals surface area contributed by atoms with Crippen LogP contribution in [-0.4, -0.2) is 52.9 Å². The molecule has 0 radical (unpaired) electrons. The van der Waals surface area contributed by atoms with Crippen LogP contribution in [-0.2, 0) is 22.4 Å². The van der Waals surface area contributed by atoms with E-state index in [1.807, 2.05) is 95.9 Å². The van der Waals surface area contributed by atoms with E-state index < -0.39 is 11.6 Å². The lowest BCUT2D eigenvalue weighted by Crippen LogP contribution is -2.51. The van der Waals surface area contributed by atoms with Crippen LogP contribution in [0.5, 0.6) is 0 Å². The maximum absolute atomic E-state index is 14.0. The molecule has 2 aliphatic heterocycles. The Hall–Kier alpha value is -3.97. The molecule has 36 heavy (non-hydrogen) atoms. The molecule has 184 valence electrons. The first-order valence-electron chi connectivity index (χ1n) is 12.3. The SMILES string of the molecule is O=C1C[C@@H](c2ccccc2)N(CN2C(=O)NC(Cc3ccccc3)(Cc3ccccc3)C2=O)CCN1. The molecule has 5 rings (SSSR count). The molecule has 0 unspecified atom stereocenters. The Balaban J connectivity index is 1.44. The van der Waals surface area contributed by atoms with E-state index in [9.17, 15) is 14.4 Å². The van der Waals surface area contributed by atoms with Gasteiger partial charge in [-0.3, -0.25) is 14.5 Å². The summed E-state index contributed by atoms with van der Waals surface area (Å²) in [4.78, 5) is 43.1. The lowest BCUT2D eigenvalue weighted by Gasteiger charge is -2.32. The van der Waals surface area contributed by atoms with E-state index in [1.54, 1.807) is 0 Å². The number of rotatable bonds is 7. The van der Waals surface area contributed by atoms with Crippen molar-refractivity contribution in [3.8, 4) is 0 Å². The number of nitrogens with one attached hydrogen (secondary N) is 2. The highest BCUT2D eigenvalue weighted by atomic mass is 16.2. The van der Waals surface area contributed by atoms with E-state index in [-0.39, 0.29) is 30.9 Å². The predicted molar refractivity (Wildman–Crippen MR) is 137 cm³/mol. The highest BCUT2D eigenvalue weighted by molar-refractivity contribution is 6.07. The van der Waals surface area contributed by atoms with E-state index in [4.69, 9.17) is 0 Å². The predicted octanol–water partition coefficient (Wildman–Crippen LogP) is 3.28. The van der Waals surface area contributed by atoms with Gasteiger partial charge >= 0.3 is 6.03 Å². The van der Waals surface area contributed by atoms with Crippen LogP contribution >= 0.6 is 0 Å². The Morgan fingerprint density at radius 3 is 1.92 bits per heavy atom. The molecule has 0 bridgehead atoms. The standard InChI is InChI=1S/C29H30N4O3/c34-26-18-25(24-14-8-3-9-15-24)32(17-16-30-26)21-33-27(35)29(31-28(33)36,19-22-10-4-1-5-11-22)20-23-12-6-2-7-13-23/h1-15,25H,16-21H2,(H,30,34)(H,31,36)/t25-/m0/s1. The van der Waals surface area contributed by atoms with Crippen molar-refractivity contribution in [1.29, 1.82) is 0 Å². The van der Waals surface area contributed by atoms with Crippen molar-refractivity contribution >= 4 is 17.8 Å². The minimum absolute atomic E-state index is 0.0361. The van der Waals surface area contributed by atoms with Gasteiger partial charge in [0.1, 0.15) is 5.54 Å². The smallest absolute Gasteiger partial charge is 0.326 e. The summed E-state index contributed by atoms with van der Waals surface area (Å²) in [7, 11) is 0. The van der Waals surface area contributed by atoms with Gasteiger partial charge in [0.25, 0.3) is 5.91 Å². The molecule has 2 fully saturated rings. The minimum Gasteiger partial charge on any atom is -0.355 e. The number of nitrogens with zero attached hydrogens (tertiary/aromatic N) is 2. The summed E-state index contributed by atoms with van der Waals surface area (Å²) in [6, 6.07) is 28.7. The third kappa shape index (κ3) is 5.02. The summed E-state index contributed by atoms with van der Waals surface area (Å²) in [5, 5.41) is 5.98. The van der Waals surface area contributed by atoms with E-state index >= 15 is 0 Å². The molecule has 2 saturated heterocycles. The Morgan fingerprint density at radius 2 is 1.33 bits per heavy atom. The van der Waals surface area contributed by atoms with Gasteiger partial charge in [0.2, 0.25) is 5.91 Å². The lowest BCUT2D eigenvalue weighted by molar-refractivity contribution is -0.133. The third-order valence-corrected chi connectivity index (χ3v) is 6.99. The van der Waals surface area contributed by atoms with E-state index in [0.717, 1.165) is 16.7 Å². The number of amides is 4. The summed E-state index contributed by atoms with van der Waals surface area (Å²) < 4.78 is 0. The molecule has 3 aromatic carbocycles. The molecule has 2 N–H and O–H groups in total. The van der Waals surface area contributed by atoms with E-state index in [0.29, 0.717) is 25.9 Å². The van der Waals surface area contributed by atoms with Crippen LogP contribution in [0.3, 0.4) is 0 Å². The van der Waals surface area contributed by atoms with E-state index in [2.05, 4.69) is 10.6 Å². The molecule has 1 atom stereocenters. The number of imide groups is 1. The van der Waals surface area contributed by atoms with Gasteiger partial charge in [-0.2, -0.15) is 0 Å². The van der Waals surface area contributed by atoms with E-state index in [1.165, 1.54) is 4.90 Å². The summed E-state index contributed by atoms with van der Waals surface area (Å²) in [6.45, 7) is 1.11. The van der Waals surface area contributed by atoms with Crippen molar-refractivity contribution in [2.75, 3.05) is 19.8 Å². The first-order chi connectivity index (χ1) is 17.5. The van der Waals surface area contributed by atoms with Crippen LogP contribution in [0, 0.1) is 0 Å². The van der Waals surface area contributed by atoms with Gasteiger partial charge < -0.3 is 10.6 Å². The molecule has 7 nitrogen and oxygen atoms in total. The van der Waals surface area contributed by atoms with Crippen LogP contribution in [0.4, 0.5) is 4.79 Å². The van der Waals surface area contributed by atoms with Gasteiger partial charge in [-0.15, -0.1) is 0 Å². The van der Waals surface area contributed by atoms with Crippen LogP contribution in [0.2, 0.25) is 0 Å². The maximum atomic E-state index is 14.0. The maximum Gasteiger partial charge on any atom is 0.326 e. The fourth-order valence-corrected chi connectivity index (χ4v) is 5.22. The quantitative estimate of drug-likeness (QED) is 0.507. The first kappa shape index (κ1) is 23.8. The minimum atomic E-state index is -1.08. The van der Waals surface area contributed by atoms with Gasteiger partial charge in [0.15, 0.2) is 0 Å². The van der Waals surface area contributed by atoms with Crippen LogP contribution in [0.25, 0.3) is 0 Å². The molecule has 0 spiro atoms. The molecule has 3 aromatic rings. The topological polar surface area (TPSA) is 81.8 Å². The molecule has 4 amide bonds. The Morgan fingerprint density at radius 1 is 0.778 bits per heavy atom. The monoisotopic (exact) mass is 482 g/mol. The second kappa shape index (κ2) is 10.3. The highest BCUT2D eigenvalue weighted by Gasteiger charge is 2.51. The van der Waals surface area contributed by atoms with Crippen molar-refractivity contribution in [2.45, 2.75) is 30.8 Å². The summed E-state index contributed by atoms with van der Waals surface area (Å²) >= 11 is 0. The summed E-state index contributed by atoms with van der Waals surface area (Å²) in [6.07, 6.45) is 1.06.